The Morgan fingerprint density at radius 3 is 2.48 bits per heavy atom. The number of imidazole rings is 1. The molecule has 0 bridgehead atoms. The van der Waals surface area contributed by atoms with Gasteiger partial charge in [-0.15, -0.1) is 0 Å². The van der Waals surface area contributed by atoms with Crippen molar-refractivity contribution in [2.45, 2.75) is 33.6 Å². The Bertz CT molecular complexity index is 815. The van der Waals surface area contributed by atoms with E-state index in [1.54, 1.807) is 0 Å². The lowest BCUT2D eigenvalue weighted by atomic mass is 10.1. The van der Waals surface area contributed by atoms with E-state index in [-0.39, 0.29) is 0 Å². The topological polar surface area (TPSA) is 42.7 Å². The molecule has 1 aromatic carbocycles. The third-order valence-corrected chi connectivity index (χ3v) is 4.19. The summed E-state index contributed by atoms with van der Waals surface area (Å²) in [6.45, 7) is 7.22. The number of pyridine rings is 1. The zero-order valence-corrected chi connectivity index (χ0v) is 14.3. The number of hydrogen-bond acceptors (Lipinski definition) is 3. The largest absolute Gasteiger partial charge is 0.319 e. The SMILES string of the molecule is CCc1nc2c(C)nc(C)cc2n1-c1ccc(CCNC)cc1. The molecule has 0 saturated heterocycles. The Morgan fingerprint density at radius 2 is 1.83 bits per heavy atom. The predicted molar refractivity (Wildman–Crippen MR) is 95.3 cm³/mol. The van der Waals surface area contributed by atoms with Crippen molar-refractivity contribution >= 4 is 11.0 Å². The van der Waals surface area contributed by atoms with E-state index in [4.69, 9.17) is 4.98 Å². The summed E-state index contributed by atoms with van der Waals surface area (Å²) in [5, 5.41) is 3.19. The van der Waals surface area contributed by atoms with Crippen molar-refractivity contribution in [2.24, 2.45) is 0 Å². The van der Waals surface area contributed by atoms with Crippen molar-refractivity contribution in [3.05, 3.63) is 53.1 Å². The number of hydrogen-bond donors (Lipinski definition) is 1. The van der Waals surface area contributed by atoms with Gasteiger partial charge in [0.05, 0.1) is 11.2 Å². The van der Waals surface area contributed by atoms with E-state index in [0.29, 0.717) is 0 Å². The average molecular weight is 308 g/mol. The van der Waals surface area contributed by atoms with Gasteiger partial charge in [-0.25, -0.2) is 4.98 Å². The number of rotatable bonds is 5. The molecule has 3 aromatic rings. The van der Waals surface area contributed by atoms with Crippen molar-refractivity contribution in [1.82, 2.24) is 19.9 Å². The van der Waals surface area contributed by atoms with Gasteiger partial charge in [-0.2, -0.15) is 0 Å². The quantitative estimate of drug-likeness (QED) is 0.786. The van der Waals surface area contributed by atoms with Crippen LogP contribution in [0, 0.1) is 13.8 Å². The third-order valence-electron chi connectivity index (χ3n) is 4.19. The summed E-state index contributed by atoms with van der Waals surface area (Å²) in [6, 6.07) is 10.9. The maximum absolute atomic E-state index is 4.81. The van der Waals surface area contributed by atoms with Crippen molar-refractivity contribution in [3.63, 3.8) is 0 Å². The lowest BCUT2D eigenvalue weighted by Gasteiger charge is -2.10. The molecule has 4 nitrogen and oxygen atoms in total. The number of fused-ring (bicyclic) bond motifs is 1. The lowest BCUT2D eigenvalue weighted by Crippen LogP contribution is -2.10. The van der Waals surface area contributed by atoms with Crippen LogP contribution in [0.1, 0.15) is 29.7 Å². The molecule has 23 heavy (non-hydrogen) atoms. The molecular formula is C19H24N4. The molecule has 3 rings (SSSR count). The van der Waals surface area contributed by atoms with Gasteiger partial charge < -0.3 is 5.32 Å². The van der Waals surface area contributed by atoms with Gasteiger partial charge in [0.15, 0.2) is 0 Å². The van der Waals surface area contributed by atoms with E-state index in [2.05, 4.69) is 52.1 Å². The smallest absolute Gasteiger partial charge is 0.114 e. The zero-order chi connectivity index (χ0) is 16.4. The number of benzene rings is 1. The summed E-state index contributed by atoms with van der Waals surface area (Å²) in [7, 11) is 1.98. The summed E-state index contributed by atoms with van der Waals surface area (Å²) in [5.74, 6) is 1.08. The summed E-state index contributed by atoms with van der Waals surface area (Å²) in [4.78, 5) is 9.36. The number of aromatic nitrogens is 3. The number of aryl methyl sites for hydroxylation is 3. The van der Waals surface area contributed by atoms with E-state index < -0.39 is 0 Å². The molecule has 0 atom stereocenters. The highest BCUT2D eigenvalue weighted by molar-refractivity contribution is 5.80. The molecule has 0 aliphatic heterocycles. The first kappa shape index (κ1) is 15.7. The first-order valence-electron chi connectivity index (χ1n) is 8.23. The Morgan fingerprint density at radius 1 is 1.09 bits per heavy atom. The van der Waals surface area contributed by atoms with Gasteiger partial charge in [-0.1, -0.05) is 19.1 Å². The minimum absolute atomic E-state index is 0.897. The van der Waals surface area contributed by atoms with Crippen molar-refractivity contribution in [1.29, 1.82) is 0 Å². The van der Waals surface area contributed by atoms with E-state index in [9.17, 15) is 0 Å². The van der Waals surface area contributed by atoms with Crippen LogP contribution in [0.4, 0.5) is 0 Å². The standard InChI is InChI=1S/C19H24N4/c1-5-18-22-19-14(3)21-13(2)12-17(19)23(18)16-8-6-15(7-9-16)10-11-20-4/h6-9,12,20H,5,10-11H2,1-4H3. The Hall–Kier alpha value is -2.20. The highest BCUT2D eigenvalue weighted by Crippen LogP contribution is 2.24. The molecule has 0 aliphatic rings. The number of likely N-dealkylation sites (N-methyl/N-ethyl adjacent to an activating group) is 1. The average Bonchev–Trinajstić information content (AvgIpc) is 2.92. The van der Waals surface area contributed by atoms with Gasteiger partial charge >= 0.3 is 0 Å². The second-order valence-electron chi connectivity index (χ2n) is 5.95. The van der Waals surface area contributed by atoms with E-state index >= 15 is 0 Å². The van der Waals surface area contributed by atoms with Gasteiger partial charge in [0, 0.05) is 17.8 Å². The van der Waals surface area contributed by atoms with Crippen molar-refractivity contribution < 1.29 is 0 Å². The van der Waals surface area contributed by atoms with Crippen LogP contribution in [0.2, 0.25) is 0 Å². The fraction of sp³-hybridized carbons (Fsp3) is 0.368. The van der Waals surface area contributed by atoms with Crippen LogP contribution in [-0.4, -0.2) is 28.1 Å². The molecule has 1 N–H and O–H groups in total. The molecule has 0 saturated carbocycles. The Balaban J connectivity index is 2.11. The highest BCUT2D eigenvalue weighted by atomic mass is 15.1. The van der Waals surface area contributed by atoms with Crippen LogP contribution in [0.25, 0.3) is 16.7 Å². The molecule has 2 aromatic heterocycles. The molecule has 120 valence electrons. The van der Waals surface area contributed by atoms with Crippen LogP contribution in [-0.2, 0) is 12.8 Å². The molecule has 2 heterocycles. The molecule has 0 fully saturated rings. The van der Waals surface area contributed by atoms with Gasteiger partial charge in [-0.05, 0) is 57.6 Å². The molecular weight excluding hydrogens is 284 g/mol. The third kappa shape index (κ3) is 2.99. The fourth-order valence-corrected chi connectivity index (χ4v) is 3.03. The first-order chi connectivity index (χ1) is 11.1. The molecule has 4 heteroatoms. The maximum atomic E-state index is 4.81. The maximum Gasteiger partial charge on any atom is 0.114 e. The predicted octanol–water partition coefficient (Wildman–Crippen LogP) is 3.36. The molecule has 0 spiro atoms. The van der Waals surface area contributed by atoms with Crippen LogP contribution < -0.4 is 5.32 Å². The Labute approximate surface area is 137 Å². The Kier molecular flexibility index (Phi) is 4.44. The number of nitrogens with zero attached hydrogens (tertiary/aromatic N) is 3. The van der Waals surface area contributed by atoms with Crippen LogP contribution in [0.3, 0.4) is 0 Å². The summed E-state index contributed by atoms with van der Waals surface area (Å²) in [6.07, 6.45) is 1.94. The van der Waals surface area contributed by atoms with Gasteiger partial charge in [0.1, 0.15) is 11.3 Å². The number of nitrogens with one attached hydrogen (secondary N) is 1. The monoisotopic (exact) mass is 308 g/mol. The molecule has 0 radical (unpaired) electrons. The summed E-state index contributed by atoms with van der Waals surface area (Å²) >= 11 is 0. The summed E-state index contributed by atoms with van der Waals surface area (Å²) in [5.41, 5.74) is 6.70. The van der Waals surface area contributed by atoms with Crippen molar-refractivity contribution in [2.75, 3.05) is 13.6 Å². The van der Waals surface area contributed by atoms with Gasteiger partial charge in [-0.3, -0.25) is 9.55 Å². The van der Waals surface area contributed by atoms with Crippen molar-refractivity contribution in [3.8, 4) is 5.69 Å². The highest BCUT2D eigenvalue weighted by Gasteiger charge is 2.14. The molecule has 0 unspecified atom stereocenters. The molecule has 0 amide bonds. The minimum Gasteiger partial charge on any atom is -0.319 e. The molecule has 0 aliphatic carbocycles. The second kappa shape index (κ2) is 6.50. The van der Waals surface area contributed by atoms with E-state index in [1.165, 1.54) is 11.3 Å². The summed E-state index contributed by atoms with van der Waals surface area (Å²) < 4.78 is 2.26. The lowest BCUT2D eigenvalue weighted by molar-refractivity contribution is 0.791. The second-order valence-corrected chi connectivity index (χ2v) is 5.95. The van der Waals surface area contributed by atoms with Crippen LogP contribution in [0.15, 0.2) is 30.3 Å². The van der Waals surface area contributed by atoms with E-state index in [0.717, 1.165) is 47.6 Å². The zero-order valence-electron chi connectivity index (χ0n) is 14.3. The van der Waals surface area contributed by atoms with Gasteiger partial charge in [0.25, 0.3) is 0 Å². The van der Waals surface area contributed by atoms with Crippen LogP contribution >= 0.6 is 0 Å². The first-order valence-corrected chi connectivity index (χ1v) is 8.23. The van der Waals surface area contributed by atoms with Crippen LogP contribution in [0.5, 0.6) is 0 Å². The normalized spacial score (nSPS) is 11.3. The minimum atomic E-state index is 0.897. The fourth-order valence-electron chi connectivity index (χ4n) is 3.03. The van der Waals surface area contributed by atoms with Gasteiger partial charge in [0.2, 0.25) is 0 Å². The van der Waals surface area contributed by atoms with E-state index in [1.807, 2.05) is 20.9 Å².